The van der Waals surface area contributed by atoms with Gasteiger partial charge in [0.05, 0.1) is 35.6 Å². The van der Waals surface area contributed by atoms with Crippen LogP contribution in [0.2, 0.25) is 0 Å². The molecule has 3 aromatic carbocycles. The van der Waals surface area contributed by atoms with E-state index in [-0.39, 0.29) is 33.7 Å². The number of carbonyl (C=O) groups is 1. The van der Waals surface area contributed by atoms with Crippen molar-refractivity contribution < 1.29 is 17.6 Å². The summed E-state index contributed by atoms with van der Waals surface area (Å²) in [5.41, 5.74) is 3.51. The predicted octanol–water partition coefficient (Wildman–Crippen LogP) is 5.03. The Morgan fingerprint density at radius 1 is 1.03 bits per heavy atom. The number of nitrogens with one attached hydrogen (secondary N) is 1. The van der Waals surface area contributed by atoms with Crippen LogP contribution in [-0.4, -0.2) is 30.0 Å². The minimum Gasteiger partial charge on any atom is -0.323 e. The number of para-hydroxylation sites is 2. The van der Waals surface area contributed by atoms with E-state index in [1.165, 1.54) is 28.7 Å². The maximum atomic E-state index is 13.8. The van der Waals surface area contributed by atoms with Crippen LogP contribution in [0.4, 0.5) is 15.8 Å². The Labute approximate surface area is 212 Å². The van der Waals surface area contributed by atoms with E-state index >= 15 is 0 Å². The summed E-state index contributed by atoms with van der Waals surface area (Å²) >= 11 is 1.04. The molecule has 0 aliphatic carbocycles. The van der Waals surface area contributed by atoms with E-state index in [2.05, 4.69) is 15.3 Å². The van der Waals surface area contributed by atoms with Crippen LogP contribution in [0.15, 0.2) is 89.0 Å². The zero-order valence-corrected chi connectivity index (χ0v) is 20.8. The molecule has 0 bridgehead atoms. The molecule has 1 N–H and O–H groups in total. The minimum atomic E-state index is -3.92. The molecule has 36 heavy (non-hydrogen) atoms. The number of sulfonamides is 1. The maximum Gasteiger partial charge on any atom is 0.268 e. The second-order valence-electron chi connectivity index (χ2n) is 8.20. The summed E-state index contributed by atoms with van der Waals surface area (Å²) in [6.45, 7) is 2.15. The number of aryl methyl sites for hydroxylation is 1. The molecule has 182 valence electrons. The number of aromatic nitrogens is 2. The van der Waals surface area contributed by atoms with E-state index in [1.807, 2.05) is 43.3 Å². The van der Waals surface area contributed by atoms with Gasteiger partial charge in [0.1, 0.15) is 10.7 Å². The van der Waals surface area contributed by atoms with Crippen molar-refractivity contribution in [3.63, 3.8) is 0 Å². The summed E-state index contributed by atoms with van der Waals surface area (Å²) in [7, 11) is -3.92. The Bertz CT molecular complexity index is 1560. The average molecular weight is 521 g/mol. The molecule has 0 atom stereocenters. The van der Waals surface area contributed by atoms with Gasteiger partial charge in [-0.05, 0) is 30.7 Å². The molecule has 0 spiro atoms. The summed E-state index contributed by atoms with van der Waals surface area (Å²) < 4.78 is 42.3. The predicted molar refractivity (Wildman–Crippen MR) is 138 cm³/mol. The van der Waals surface area contributed by atoms with Crippen molar-refractivity contribution in [3.05, 3.63) is 95.9 Å². The van der Waals surface area contributed by atoms with E-state index < -0.39 is 21.7 Å². The van der Waals surface area contributed by atoms with Gasteiger partial charge >= 0.3 is 0 Å². The summed E-state index contributed by atoms with van der Waals surface area (Å²) in [6, 6.07) is 20.8. The number of halogens is 1. The van der Waals surface area contributed by atoms with Gasteiger partial charge in [0.25, 0.3) is 10.0 Å². The topological polar surface area (TPSA) is 92.3 Å². The fourth-order valence-electron chi connectivity index (χ4n) is 3.85. The van der Waals surface area contributed by atoms with Crippen LogP contribution in [0, 0.1) is 12.7 Å². The molecule has 1 aliphatic rings. The van der Waals surface area contributed by atoms with Gasteiger partial charge in [-0.1, -0.05) is 71.9 Å². The summed E-state index contributed by atoms with van der Waals surface area (Å²) in [4.78, 5) is 21.0. The second-order valence-corrected chi connectivity index (χ2v) is 11.0. The molecule has 1 aliphatic heterocycles. The molecule has 0 fully saturated rings. The quantitative estimate of drug-likeness (QED) is 0.283. The van der Waals surface area contributed by atoms with Crippen LogP contribution in [-0.2, 0) is 21.4 Å². The lowest BCUT2D eigenvalue weighted by Crippen LogP contribution is -2.34. The maximum absolute atomic E-state index is 13.8. The molecule has 2 heterocycles. The molecular formula is C26H21FN4O3S2. The highest BCUT2D eigenvalue weighted by Crippen LogP contribution is 2.42. The lowest BCUT2D eigenvalue weighted by atomic mass is 10.1. The normalized spacial score (nSPS) is 13.6. The van der Waals surface area contributed by atoms with Gasteiger partial charge in [-0.3, -0.25) is 9.10 Å². The van der Waals surface area contributed by atoms with Crippen LogP contribution in [0.25, 0.3) is 11.3 Å². The number of hydrogen-bond donors (Lipinski definition) is 1. The molecule has 7 nitrogen and oxygen atoms in total. The first kappa shape index (κ1) is 24.0. The van der Waals surface area contributed by atoms with Crippen molar-refractivity contribution in [2.45, 2.75) is 23.5 Å². The highest BCUT2D eigenvalue weighted by molar-refractivity contribution is 7.99. The van der Waals surface area contributed by atoms with Crippen molar-refractivity contribution in [1.29, 1.82) is 0 Å². The molecule has 5 rings (SSSR count). The van der Waals surface area contributed by atoms with Crippen LogP contribution in [0.5, 0.6) is 0 Å². The molecule has 0 radical (unpaired) electrons. The zero-order valence-electron chi connectivity index (χ0n) is 19.2. The lowest BCUT2D eigenvalue weighted by molar-refractivity contribution is -0.113. The Kier molecular flexibility index (Phi) is 6.46. The summed E-state index contributed by atoms with van der Waals surface area (Å²) in [5, 5.41) is 2.76. The van der Waals surface area contributed by atoms with Crippen molar-refractivity contribution in [1.82, 2.24) is 9.97 Å². The SMILES string of the molecule is Cc1ccc(CN2c3ccccc3-c3nc(SCC(=O)Nc4ccccc4F)ncc3S2(=O)=O)cc1. The first-order valence-corrected chi connectivity index (χ1v) is 13.5. The molecule has 4 aromatic rings. The largest absolute Gasteiger partial charge is 0.323 e. The number of carbonyl (C=O) groups excluding carboxylic acids is 1. The van der Waals surface area contributed by atoms with Crippen molar-refractivity contribution >= 4 is 39.1 Å². The molecule has 0 unspecified atom stereocenters. The molecule has 0 saturated heterocycles. The highest BCUT2D eigenvalue weighted by atomic mass is 32.2. The number of amides is 1. The summed E-state index contributed by atoms with van der Waals surface area (Å²) in [5.74, 6) is -1.03. The van der Waals surface area contributed by atoms with Gasteiger partial charge in [-0.2, -0.15) is 0 Å². The third-order valence-corrected chi connectivity index (χ3v) is 8.28. The van der Waals surface area contributed by atoms with Crippen LogP contribution < -0.4 is 9.62 Å². The molecule has 10 heteroatoms. The number of benzene rings is 3. The van der Waals surface area contributed by atoms with Gasteiger partial charge in [-0.25, -0.2) is 22.8 Å². The van der Waals surface area contributed by atoms with Crippen LogP contribution in [0.1, 0.15) is 11.1 Å². The Balaban J connectivity index is 1.41. The van der Waals surface area contributed by atoms with E-state index in [0.717, 1.165) is 22.9 Å². The van der Waals surface area contributed by atoms with E-state index in [9.17, 15) is 17.6 Å². The number of anilines is 2. The van der Waals surface area contributed by atoms with Crippen molar-refractivity contribution in [3.8, 4) is 11.3 Å². The van der Waals surface area contributed by atoms with Crippen molar-refractivity contribution in [2.75, 3.05) is 15.4 Å². The molecular weight excluding hydrogens is 499 g/mol. The third kappa shape index (κ3) is 4.69. The molecule has 1 aromatic heterocycles. The standard InChI is InChI=1S/C26H21FN4O3S2/c1-17-10-12-18(13-11-17)15-31-22-9-5-2-6-19(22)25-23(36(31,33)34)14-28-26(30-25)35-16-24(32)29-21-8-4-3-7-20(21)27/h2-14H,15-16H2,1H3,(H,29,32). The van der Waals surface area contributed by atoms with Gasteiger partial charge in [0.15, 0.2) is 5.16 Å². The van der Waals surface area contributed by atoms with Gasteiger partial charge < -0.3 is 5.32 Å². The van der Waals surface area contributed by atoms with E-state index in [4.69, 9.17) is 0 Å². The van der Waals surface area contributed by atoms with Gasteiger partial charge in [-0.15, -0.1) is 0 Å². The first-order valence-electron chi connectivity index (χ1n) is 11.0. The summed E-state index contributed by atoms with van der Waals surface area (Å²) in [6.07, 6.45) is 1.28. The van der Waals surface area contributed by atoms with E-state index in [0.29, 0.717) is 11.3 Å². The Morgan fingerprint density at radius 2 is 1.75 bits per heavy atom. The molecule has 1 amide bonds. The lowest BCUT2D eigenvalue weighted by Gasteiger charge is -2.31. The fraction of sp³-hybridized carbons (Fsp3) is 0.115. The second kappa shape index (κ2) is 9.71. The van der Waals surface area contributed by atoms with Gasteiger partial charge in [0.2, 0.25) is 5.91 Å². The number of hydrogen-bond acceptors (Lipinski definition) is 6. The van der Waals surface area contributed by atoms with Crippen molar-refractivity contribution in [2.24, 2.45) is 0 Å². The van der Waals surface area contributed by atoms with E-state index in [1.54, 1.807) is 18.2 Å². The highest BCUT2D eigenvalue weighted by Gasteiger charge is 2.36. The fourth-order valence-corrected chi connectivity index (χ4v) is 6.03. The number of fused-ring (bicyclic) bond motifs is 3. The smallest absolute Gasteiger partial charge is 0.268 e. The Hall–Kier alpha value is -3.76. The number of rotatable bonds is 6. The number of nitrogens with zero attached hydrogens (tertiary/aromatic N) is 3. The van der Waals surface area contributed by atoms with Crippen LogP contribution >= 0.6 is 11.8 Å². The minimum absolute atomic E-state index is 0.00784. The first-order chi connectivity index (χ1) is 17.3. The monoisotopic (exact) mass is 520 g/mol. The number of thioether (sulfide) groups is 1. The average Bonchev–Trinajstić information content (AvgIpc) is 2.88. The van der Waals surface area contributed by atoms with Gasteiger partial charge in [0, 0.05) is 5.56 Å². The third-order valence-electron chi connectivity index (χ3n) is 5.66. The zero-order chi connectivity index (χ0) is 25.3. The van der Waals surface area contributed by atoms with Crippen LogP contribution in [0.3, 0.4) is 0 Å². The molecule has 0 saturated carbocycles. The Morgan fingerprint density at radius 3 is 2.53 bits per heavy atom.